The largest absolute Gasteiger partial charge is 0.478 e. The molecule has 15 heavy (non-hydrogen) atoms. The summed E-state index contributed by atoms with van der Waals surface area (Å²) in [5, 5.41) is 10.8. The minimum Gasteiger partial charge on any atom is -0.478 e. The highest BCUT2D eigenvalue weighted by Crippen LogP contribution is 2.34. The molecule has 1 rings (SSSR count). The van der Waals surface area contributed by atoms with Crippen molar-refractivity contribution in [2.45, 2.75) is 6.18 Å². The molecule has 0 aliphatic carbocycles. The van der Waals surface area contributed by atoms with Crippen LogP contribution in [-0.2, 0) is 6.18 Å². The van der Waals surface area contributed by atoms with Crippen molar-refractivity contribution in [1.29, 1.82) is 0 Å². The van der Waals surface area contributed by atoms with Gasteiger partial charge in [0.15, 0.2) is 0 Å². The van der Waals surface area contributed by atoms with Gasteiger partial charge in [0.25, 0.3) is 0 Å². The molecule has 0 saturated heterocycles. The SMILES string of the molecule is O=Nc1ccc(C(=O)O)c(C(F)(F)F)c1. The Hall–Kier alpha value is -1.92. The molecule has 0 aliphatic rings. The second-order valence-corrected chi connectivity index (χ2v) is 2.62. The number of hydrogen-bond acceptors (Lipinski definition) is 3. The Kier molecular flexibility index (Phi) is 2.74. The second-order valence-electron chi connectivity index (χ2n) is 2.62. The maximum atomic E-state index is 12.3. The maximum absolute atomic E-state index is 12.3. The van der Waals surface area contributed by atoms with Crippen LogP contribution in [0.1, 0.15) is 15.9 Å². The number of hydrogen-bond donors (Lipinski definition) is 1. The fraction of sp³-hybridized carbons (Fsp3) is 0.125. The zero-order valence-corrected chi connectivity index (χ0v) is 7.08. The van der Waals surface area contributed by atoms with Gasteiger partial charge < -0.3 is 5.11 Å². The maximum Gasteiger partial charge on any atom is 0.417 e. The van der Waals surface area contributed by atoms with Crippen LogP contribution in [-0.4, -0.2) is 11.1 Å². The molecular weight excluding hydrogens is 215 g/mol. The van der Waals surface area contributed by atoms with E-state index in [9.17, 15) is 22.9 Å². The van der Waals surface area contributed by atoms with E-state index in [-0.39, 0.29) is 0 Å². The van der Waals surface area contributed by atoms with Gasteiger partial charge in [-0.3, -0.25) is 0 Å². The van der Waals surface area contributed by atoms with E-state index in [1.165, 1.54) is 0 Å². The predicted molar refractivity (Wildman–Crippen MR) is 43.9 cm³/mol. The Morgan fingerprint density at radius 1 is 1.33 bits per heavy atom. The highest BCUT2D eigenvalue weighted by molar-refractivity contribution is 5.90. The zero-order chi connectivity index (χ0) is 11.6. The average Bonchev–Trinajstić information content (AvgIpc) is 2.15. The standard InChI is InChI=1S/C8H4F3NO3/c9-8(10,11)6-3-4(12-15)1-2-5(6)7(13)14/h1-3H,(H,13,14). The normalized spacial score (nSPS) is 11.1. The molecule has 1 aromatic carbocycles. The third-order valence-corrected chi connectivity index (χ3v) is 1.64. The topological polar surface area (TPSA) is 66.7 Å². The molecule has 0 fully saturated rings. The molecule has 0 unspecified atom stereocenters. The summed E-state index contributed by atoms with van der Waals surface area (Å²) in [7, 11) is 0. The molecule has 0 heterocycles. The Labute approximate surface area is 81.3 Å². The Bertz CT molecular complexity index is 414. The lowest BCUT2D eigenvalue weighted by Gasteiger charge is -2.09. The lowest BCUT2D eigenvalue weighted by Crippen LogP contribution is -2.12. The molecule has 0 aliphatic heterocycles. The molecule has 7 heteroatoms. The first-order valence-corrected chi connectivity index (χ1v) is 3.64. The van der Waals surface area contributed by atoms with Crippen molar-refractivity contribution in [1.82, 2.24) is 0 Å². The van der Waals surface area contributed by atoms with Crippen LogP contribution in [0.25, 0.3) is 0 Å². The van der Waals surface area contributed by atoms with Crippen LogP contribution < -0.4 is 0 Å². The Morgan fingerprint density at radius 3 is 2.33 bits per heavy atom. The molecule has 80 valence electrons. The van der Waals surface area contributed by atoms with E-state index < -0.39 is 29.0 Å². The van der Waals surface area contributed by atoms with Gasteiger partial charge in [-0.05, 0) is 23.4 Å². The Balaban J connectivity index is 3.42. The number of carboxylic acids is 1. The van der Waals surface area contributed by atoms with Gasteiger partial charge in [-0.1, -0.05) is 0 Å². The van der Waals surface area contributed by atoms with E-state index in [0.29, 0.717) is 12.1 Å². The fourth-order valence-electron chi connectivity index (χ4n) is 1.01. The van der Waals surface area contributed by atoms with Gasteiger partial charge in [-0.25, -0.2) is 4.79 Å². The first-order valence-electron chi connectivity index (χ1n) is 3.64. The molecular formula is C8H4F3NO3. The van der Waals surface area contributed by atoms with Gasteiger partial charge in [-0.2, -0.15) is 13.2 Å². The summed E-state index contributed by atoms with van der Waals surface area (Å²) < 4.78 is 37.0. The molecule has 0 saturated carbocycles. The average molecular weight is 219 g/mol. The molecule has 0 aromatic heterocycles. The first kappa shape index (κ1) is 11.2. The van der Waals surface area contributed by atoms with Gasteiger partial charge in [0, 0.05) is 0 Å². The van der Waals surface area contributed by atoms with Crippen molar-refractivity contribution < 1.29 is 23.1 Å². The third-order valence-electron chi connectivity index (χ3n) is 1.64. The third kappa shape index (κ3) is 2.30. The van der Waals surface area contributed by atoms with E-state index in [1.807, 2.05) is 0 Å². The number of rotatable bonds is 2. The van der Waals surface area contributed by atoms with Gasteiger partial charge in [-0.15, -0.1) is 4.91 Å². The van der Waals surface area contributed by atoms with Gasteiger partial charge >= 0.3 is 12.1 Å². The van der Waals surface area contributed by atoms with E-state index >= 15 is 0 Å². The predicted octanol–water partition coefficient (Wildman–Crippen LogP) is 2.80. The number of nitroso groups, excluding NO2 is 1. The summed E-state index contributed by atoms with van der Waals surface area (Å²) in [5.41, 5.74) is -2.76. The highest BCUT2D eigenvalue weighted by atomic mass is 19.4. The van der Waals surface area contributed by atoms with Crippen molar-refractivity contribution in [2.75, 3.05) is 0 Å². The minimum absolute atomic E-state index is 0.399. The van der Waals surface area contributed by atoms with Crippen molar-refractivity contribution in [3.63, 3.8) is 0 Å². The lowest BCUT2D eigenvalue weighted by molar-refractivity contribution is -0.138. The van der Waals surface area contributed by atoms with E-state index in [2.05, 4.69) is 5.18 Å². The van der Waals surface area contributed by atoms with Gasteiger partial charge in [0.1, 0.15) is 5.69 Å². The molecule has 0 radical (unpaired) electrons. The van der Waals surface area contributed by atoms with Crippen molar-refractivity contribution >= 4 is 11.7 Å². The van der Waals surface area contributed by atoms with Crippen LogP contribution in [0.3, 0.4) is 0 Å². The number of aromatic carboxylic acids is 1. The van der Waals surface area contributed by atoms with E-state index in [4.69, 9.17) is 5.11 Å². The fourth-order valence-corrected chi connectivity index (χ4v) is 1.01. The smallest absolute Gasteiger partial charge is 0.417 e. The number of carboxylic acid groups (broad SMARTS) is 1. The minimum atomic E-state index is -4.82. The molecule has 4 nitrogen and oxygen atoms in total. The van der Waals surface area contributed by atoms with Crippen LogP contribution in [0.5, 0.6) is 0 Å². The van der Waals surface area contributed by atoms with Crippen molar-refractivity contribution in [3.05, 3.63) is 34.2 Å². The van der Waals surface area contributed by atoms with Crippen LogP contribution in [0.15, 0.2) is 23.4 Å². The number of halogens is 3. The summed E-state index contributed by atoms with van der Waals surface area (Å²) in [6.45, 7) is 0. The summed E-state index contributed by atoms with van der Waals surface area (Å²) in [6, 6.07) is 2.00. The highest BCUT2D eigenvalue weighted by Gasteiger charge is 2.35. The summed E-state index contributed by atoms with van der Waals surface area (Å²) >= 11 is 0. The molecule has 0 bridgehead atoms. The van der Waals surface area contributed by atoms with Crippen molar-refractivity contribution in [3.8, 4) is 0 Å². The molecule has 1 aromatic rings. The van der Waals surface area contributed by atoms with E-state index in [1.54, 1.807) is 0 Å². The number of nitrogens with zero attached hydrogens (tertiary/aromatic N) is 1. The summed E-state index contributed by atoms with van der Waals surface area (Å²) in [4.78, 5) is 20.5. The zero-order valence-electron chi connectivity index (χ0n) is 7.08. The van der Waals surface area contributed by atoms with Gasteiger partial charge in [0.2, 0.25) is 0 Å². The van der Waals surface area contributed by atoms with Gasteiger partial charge in [0.05, 0.1) is 11.1 Å². The molecule has 0 spiro atoms. The molecule has 1 N–H and O–H groups in total. The van der Waals surface area contributed by atoms with Crippen LogP contribution in [0, 0.1) is 4.91 Å². The molecule has 0 amide bonds. The van der Waals surface area contributed by atoms with E-state index in [0.717, 1.165) is 6.07 Å². The molecule has 0 atom stereocenters. The monoisotopic (exact) mass is 219 g/mol. The van der Waals surface area contributed by atoms with Crippen LogP contribution in [0.2, 0.25) is 0 Å². The summed E-state index contributed by atoms with van der Waals surface area (Å²) in [6.07, 6.45) is -4.82. The number of benzene rings is 1. The number of carbonyl (C=O) groups is 1. The van der Waals surface area contributed by atoms with Crippen molar-refractivity contribution in [2.24, 2.45) is 5.18 Å². The lowest BCUT2D eigenvalue weighted by atomic mass is 10.1. The quantitative estimate of drug-likeness (QED) is 0.777. The second kappa shape index (κ2) is 3.68. The number of alkyl halides is 3. The summed E-state index contributed by atoms with van der Waals surface area (Å²) in [5.74, 6) is -1.71. The first-order chi connectivity index (χ1) is 6.86. The van der Waals surface area contributed by atoms with Crippen LogP contribution in [0.4, 0.5) is 18.9 Å². The Morgan fingerprint density at radius 2 is 1.93 bits per heavy atom. The van der Waals surface area contributed by atoms with Crippen LogP contribution >= 0.6 is 0 Å².